The summed E-state index contributed by atoms with van der Waals surface area (Å²) >= 11 is 1.56. The zero-order chi connectivity index (χ0) is 13.0. The van der Waals surface area contributed by atoms with Crippen LogP contribution in [0.15, 0.2) is 47.5 Å². The van der Waals surface area contributed by atoms with E-state index in [1.807, 2.05) is 43.5 Å². The van der Waals surface area contributed by atoms with Crippen molar-refractivity contribution in [2.75, 3.05) is 11.6 Å². The van der Waals surface area contributed by atoms with Crippen molar-refractivity contribution >= 4 is 23.4 Å². The van der Waals surface area contributed by atoms with Gasteiger partial charge < -0.3 is 5.32 Å². The molecule has 0 unspecified atom stereocenters. The van der Waals surface area contributed by atoms with Gasteiger partial charge in [0, 0.05) is 22.5 Å². The van der Waals surface area contributed by atoms with E-state index in [0.29, 0.717) is 5.56 Å². The third kappa shape index (κ3) is 2.90. The van der Waals surface area contributed by atoms with Gasteiger partial charge in [0.25, 0.3) is 5.91 Å². The quantitative estimate of drug-likeness (QED) is 0.858. The predicted octanol–water partition coefficient (Wildman–Crippen LogP) is 3.36. The van der Waals surface area contributed by atoms with Gasteiger partial charge in [0.05, 0.1) is 5.56 Å². The molecule has 1 heterocycles. The van der Waals surface area contributed by atoms with Crippen molar-refractivity contribution in [3.63, 3.8) is 0 Å². The number of amides is 1. The van der Waals surface area contributed by atoms with Gasteiger partial charge >= 0.3 is 0 Å². The topological polar surface area (TPSA) is 42.0 Å². The average molecular weight is 258 g/mol. The number of carbonyl (C=O) groups is 1. The highest BCUT2D eigenvalue weighted by Gasteiger charge is 2.10. The molecule has 0 saturated carbocycles. The first-order chi connectivity index (χ1) is 8.70. The number of anilines is 1. The number of pyridine rings is 1. The van der Waals surface area contributed by atoms with Crippen LogP contribution in [0.25, 0.3) is 0 Å². The fourth-order valence-electron chi connectivity index (χ4n) is 1.65. The molecule has 0 fully saturated rings. The summed E-state index contributed by atoms with van der Waals surface area (Å²) < 4.78 is 0. The molecule has 4 heteroatoms. The van der Waals surface area contributed by atoms with Gasteiger partial charge in [0.15, 0.2) is 0 Å². The highest BCUT2D eigenvalue weighted by molar-refractivity contribution is 7.98. The van der Waals surface area contributed by atoms with Crippen molar-refractivity contribution < 1.29 is 4.79 Å². The smallest absolute Gasteiger partial charge is 0.256 e. The van der Waals surface area contributed by atoms with Crippen LogP contribution in [0.1, 0.15) is 16.1 Å². The van der Waals surface area contributed by atoms with E-state index in [-0.39, 0.29) is 5.91 Å². The van der Waals surface area contributed by atoms with Crippen molar-refractivity contribution in [3.8, 4) is 0 Å². The maximum atomic E-state index is 12.2. The van der Waals surface area contributed by atoms with Gasteiger partial charge in [-0.25, -0.2) is 0 Å². The van der Waals surface area contributed by atoms with Crippen LogP contribution in [-0.4, -0.2) is 17.1 Å². The number of aromatic nitrogens is 1. The van der Waals surface area contributed by atoms with Crippen molar-refractivity contribution in [2.45, 2.75) is 11.8 Å². The minimum absolute atomic E-state index is 0.0921. The van der Waals surface area contributed by atoms with Crippen molar-refractivity contribution in [2.24, 2.45) is 0 Å². The van der Waals surface area contributed by atoms with E-state index in [4.69, 9.17) is 0 Å². The Morgan fingerprint density at radius 1 is 1.28 bits per heavy atom. The summed E-state index contributed by atoms with van der Waals surface area (Å²) in [6, 6.07) is 11.2. The van der Waals surface area contributed by atoms with Gasteiger partial charge in [-0.1, -0.05) is 12.1 Å². The fourth-order valence-corrected chi connectivity index (χ4v) is 2.25. The number of thioether (sulfide) groups is 1. The van der Waals surface area contributed by atoms with Crippen LogP contribution in [0.2, 0.25) is 0 Å². The van der Waals surface area contributed by atoms with Crippen LogP contribution in [0.5, 0.6) is 0 Å². The maximum absolute atomic E-state index is 12.2. The molecular weight excluding hydrogens is 244 g/mol. The third-order valence-corrected chi connectivity index (χ3v) is 3.30. The summed E-state index contributed by atoms with van der Waals surface area (Å²) in [5.41, 5.74) is 2.34. The largest absolute Gasteiger partial charge is 0.322 e. The summed E-state index contributed by atoms with van der Waals surface area (Å²) in [7, 11) is 0. The summed E-state index contributed by atoms with van der Waals surface area (Å²) in [6.07, 6.45) is 3.65. The standard InChI is InChI=1S/C14H14N2OS/c1-10-9-11(7-8-15-10)16-14(17)12-5-3-4-6-13(12)18-2/h3-9H,1-2H3,(H,15,16,17). The zero-order valence-electron chi connectivity index (χ0n) is 10.3. The van der Waals surface area contributed by atoms with Gasteiger partial charge in [0.2, 0.25) is 0 Å². The molecule has 92 valence electrons. The molecule has 2 aromatic rings. The third-order valence-electron chi connectivity index (χ3n) is 2.51. The first-order valence-corrected chi connectivity index (χ1v) is 6.80. The highest BCUT2D eigenvalue weighted by Crippen LogP contribution is 2.21. The van der Waals surface area contributed by atoms with E-state index in [0.717, 1.165) is 16.3 Å². The average Bonchev–Trinajstić information content (AvgIpc) is 2.38. The number of aryl methyl sites for hydroxylation is 1. The second kappa shape index (κ2) is 5.69. The summed E-state index contributed by atoms with van der Waals surface area (Å²) in [6.45, 7) is 1.89. The van der Waals surface area contributed by atoms with Crippen molar-refractivity contribution in [1.82, 2.24) is 4.98 Å². The molecular formula is C14H14N2OS. The van der Waals surface area contributed by atoms with Gasteiger partial charge in [-0.2, -0.15) is 0 Å². The number of benzene rings is 1. The Morgan fingerprint density at radius 3 is 2.78 bits per heavy atom. The van der Waals surface area contributed by atoms with E-state index in [1.165, 1.54) is 0 Å². The lowest BCUT2D eigenvalue weighted by Crippen LogP contribution is -2.13. The molecule has 0 bridgehead atoms. The molecule has 1 N–H and O–H groups in total. The second-order valence-electron chi connectivity index (χ2n) is 3.84. The van der Waals surface area contributed by atoms with Crippen molar-refractivity contribution in [3.05, 3.63) is 53.9 Å². The van der Waals surface area contributed by atoms with E-state index < -0.39 is 0 Å². The van der Waals surface area contributed by atoms with Gasteiger partial charge in [-0.05, 0) is 37.4 Å². The van der Waals surface area contributed by atoms with E-state index in [9.17, 15) is 4.79 Å². The van der Waals surface area contributed by atoms with Crippen LogP contribution in [-0.2, 0) is 0 Å². The second-order valence-corrected chi connectivity index (χ2v) is 4.69. The van der Waals surface area contributed by atoms with Gasteiger partial charge in [-0.3, -0.25) is 9.78 Å². The first kappa shape index (κ1) is 12.6. The monoisotopic (exact) mass is 258 g/mol. The van der Waals surface area contributed by atoms with Gasteiger partial charge in [-0.15, -0.1) is 11.8 Å². The van der Waals surface area contributed by atoms with Crippen LogP contribution >= 0.6 is 11.8 Å². The molecule has 0 aliphatic rings. The normalized spacial score (nSPS) is 10.1. The van der Waals surface area contributed by atoms with Crippen LogP contribution in [0, 0.1) is 6.92 Å². The predicted molar refractivity (Wildman–Crippen MR) is 75.2 cm³/mol. The van der Waals surface area contributed by atoms with Crippen LogP contribution in [0.4, 0.5) is 5.69 Å². The van der Waals surface area contributed by atoms with E-state index in [2.05, 4.69) is 10.3 Å². The number of nitrogens with one attached hydrogen (secondary N) is 1. The molecule has 1 aromatic heterocycles. The molecule has 0 spiro atoms. The Kier molecular flexibility index (Phi) is 3.99. The Labute approximate surface area is 111 Å². The maximum Gasteiger partial charge on any atom is 0.256 e. The first-order valence-electron chi connectivity index (χ1n) is 5.58. The fraction of sp³-hybridized carbons (Fsp3) is 0.143. The lowest BCUT2D eigenvalue weighted by molar-refractivity contribution is 0.102. The van der Waals surface area contributed by atoms with Crippen LogP contribution < -0.4 is 5.32 Å². The number of rotatable bonds is 3. The minimum Gasteiger partial charge on any atom is -0.322 e. The summed E-state index contributed by atoms with van der Waals surface area (Å²) in [5.74, 6) is -0.0921. The number of nitrogens with zero attached hydrogens (tertiary/aromatic N) is 1. The number of carbonyl (C=O) groups excluding carboxylic acids is 1. The van der Waals surface area contributed by atoms with Crippen LogP contribution in [0.3, 0.4) is 0 Å². The van der Waals surface area contributed by atoms with E-state index in [1.54, 1.807) is 24.0 Å². The Morgan fingerprint density at radius 2 is 2.06 bits per heavy atom. The number of hydrogen-bond acceptors (Lipinski definition) is 3. The molecule has 2 rings (SSSR count). The summed E-state index contributed by atoms with van der Waals surface area (Å²) in [4.78, 5) is 17.2. The highest BCUT2D eigenvalue weighted by atomic mass is 32.2. The van der Waals surface area contributed by atoms with Gasteiger partial charge in [0.1, 0.15) is 0 Å². The lowest BCUT2D eigenvalue weighted by atomic mass is 10.2. The molecule has 0 atom stereocenters. The Bertz CT molecular complexity index is 569. The SMILES string of the molecule is CSc1ccccc1C(=O)Nc1ccnc(C)c1. The molecule has 1 amide bonds. The molecule has 0 radical (unpaired) electrons. The molecule has 3 nitrogen and oxygen atoms in total. The minimum atomic E-state index is -0.0921. The lowest BCUT2D eigenvalue weighted by Gasteiger charge is -2.08. The Hall–Kier alpha value is -1.81. The molecule has 0 aliphatic heterocycles. The molecule has 0 aliphatic carbocycles. The van der Waals surface area contributed by atoms with Crippen molar-refractivity contribution in [1.29, 1.82) is 0 Å². The Balaban J connectivity index is 2.22. The van der Waals surface area contributed by atoms with E-state index >= 15 is 0 Å². The molecule has 18 heavy (non-hydrogen) atoms. The molecule has 1 aromatic carbocycles. The number of hydrogen-bond donors (Lipinski definition) is 1. The molecule has 0 saturated heterocycles. The zero-order valence-corrected chi connectivity index (χ0v) is 11.1. The summed E-state index contributed by atoms with van der Waals surface area (Å²) in [5, 5.41) is 2.88.